The fraction of sp³-hybridized carbons (Fsp3) is 0.0909. The van der Waals surface area contributed by atoms with E-state index in [1.807, 2.05) is 24.3 Å². The van der Waals surface area contributed by atoms with Gasteiger partial charge < -0.3 is 4.57 Å². The monoisotopic (exact) mass is 366 g/mol. The standard InChI is InChI=1S/C22H18N6/c1-15-9-11-16(12-10-15)14-28-20-8-3-2-7-19(20)23-22(28)18-6-4-5-17(13-18)21-24-26-27-25-21/h2-13H,14H2,1H3,(H,24,25,26,27). The summed E-state index contributed by atoms with van der Waals surface area (Å²) in [6.07, 6.45) is 0. The Morgan fingerprint density at radius 2 is 1.71 bits per heavy atom. The van der Waals surface area contributed by atoms with Gasteiger partial charge in [0.15, 0.2) is 0 Å². The van der Waals surface area contributed by atoms with Crippen molar-refractivity contribution < 1.29 is 0 Å². The SMILES string of the molecule is Cc1ccc(Cn2c(-c3cccc(-c4nn[nH]n4)c3)nc3ccccc32)cc1. The molecule has 136 valence electrons. The Morgan fingerprint density at radius 3 is 2.54 bits per heavy atom. The number of aromatic nitrogens is 6. The third-order valence-electron chi connectivity index (χ3n) is 4.84. The van der Waals surface area contributed by atoms with Gasteiger partial charge in [0.2, 0.25) is 5.82 Å². The van der Waals surface area contributed by atoms with Crippen molar-refractivity contribution in [3.63, 3.8) is 0 Å². The lowest BCUT2D eigenvalue weighted by molar-refractivity contribution is 0.834. The van der Waals surface area contributed by atoms with Crippen LogP contribution in [-0.2, 0) is 6.54 Å². The summed E-state index contributed by atoms with van der Waals surface area (Å²) in [4.78, 5) is 4.92. The van der Waals surface area contributed by atoms with Crippen LogP contribution >= 0.6 is 0 Å². The van der Waals surface area contributed by atoms with Crippen LogP contribution in [0.15, 0.2) is 72.8 Å². The van der Waals surface area contributed by atoms with Crippen LogP contribution in [0, 0.1) is 6.92 Å². The molecule has 0 fully saturated rings. The van der Waals surface area contributed by atoms with Crippen LogP contribution in [0.1, 0.15) is 11.1 Å². The average Bonchev–Trinajstić information content (AvgIpc) is 3.39. The topological polar surface area (TPSA) is 72.3 Å². The maximum absolute atomic E-state index is 4.92. The van der Waals surface area contributed by atoms with Crippen LogP contribution in [0.2, 0.25) is 0 Å². The highest BCUT2D eigenvalue weighted by atomic mass is 15.5. The molecule has 1 N–H and O–H groups in total. The molecule has 6 heteroatoms. The minimum Gasteiger partial charge on any atom is -0.319 e. The van der Waals surface area contributed by atoms with E-state index in [-0.39, 0.29) is 0 Å². The van der Waals surface area contributed by atoms with E-state index < -0.39 is 0 Å². The normalized spacial score (nSPS) is 11.2. The van der Waals surface area contributed by atoms with Crippen molar-refractivity contribution in [2.75, 3.05) is 0 Å². The second kappa shape index (κ2) is 6.74. The largest absolute Gasteiger partial charge is 0.319 e. The van der Waals surface area contributed by atoms with Crippen molar-refractivity contribution in [3.05, 3.63) is 83.9 Å². The molecule has 5 aromatic rings. The molecule has 28 heavy (non-hydrogen) atoms. The number of fused-ring (bicyclic) bond motifs is 1. The molecule has 0 radical (unpaired) electrons. The van der Waals surface area contributed by atoms with Crippen molar-refractivity contribution >= 4 is 11.0 Å². The summed E-state index contributed by atoms with van der Waals surface area (Å²) in [5.74, 6) is 1.50. The molecule has 0 aliphatic carbocycles. The van der Waals surface area contributed by atoms with E-state index in [4.69, 9.17) is 4.98 Å². The molecule has 0 unspecified atom stereocenters. The van der Waals surface area contributed by atoms with E-state index in [0.717, 1.165) is 34.5 Å². The molecule has 0 saturated heterocycles. The summed E-state index contributed by atoms with van der Waals surface area (Å²) < 4.78 is 2.26. The molecule has 0 amide bonds. The molecule has 0 spiro atoms. The van der Waals surface area contributed by atoms with E-state index in [1.165, 1.54) is 11.1 Å². The molecule has 5 rings (SSSR count). The Balaban J connectivity index is 1.65. The first-order valence-corrected chi connectivity index (χ1v) is 9.13. The van der Waals surface area contributed by atoms with Crippen LogP contribution in [0.4, 0.5) is 0 Å². The summed E-state index contributed by atoms with van der Waals surface area (Å²) in [5.41, 5.74) is 6.51. The van der Waals surface area contributed by atoms with Crippen LogP contribution in [-0.4, -0.2) is 30.2 Å². The predicted molar refractivity (Wildman–Crippen MR) is 109 cm³/mol. The number of hydrogen-bond donors (Lipinski definition) is 1. The lowest BCUT2D eigenvalue weighted by Gasteiger charge is -2.10. The van der Waals surface area contributed by atoms with Gasteiger partial charge in [0, 0.05) is 17.7 Å². The number of imidazole rings is 1. The summed E-state index contributed by atoms with van der Waals surface area (Å²) in [6, 6.07) is 25.0. The molecule has 6 nitrogen and oxygen atoms in total. The Labute approximate surface area is 161 Å². The first kappa shape index (κ1) is 16.4. The molecule has 0 atom stereocenters. The van der Waals surface area contributed by atoms with Gasteiger partial charge in [0.1, 0.15) is 5.82 Å². The maximum Gasteiger partial charge on any atom is 0.204 e. The number of aryl methyl sites for hydroxylation is 1. The fourth-order valence-corrected chi connectivity index (χ4v) is 3.41. The van der Waals surface area contributed by atoms with Crippen molar-refractivity contribution in [2.45, 2.75) is 13.5 Å². The smallest absolute Gasteiger partial charge is 0.204 e. The minimum atomic E-state index is 0.572. The van der Waals surface area contributed by atoms with Crippen molar-refractivity contribution in [3.8, 4) is 22.8 Å². The summed E-state index contributed by atoms with van der Waals surface area (Å²) in [6.45, 7) is 2.85. The van der Waals surface area contributed by atoms with Gasteiger partial charge in [-0.2, -0.15) is 5.21 Å². The molecule has 0 aliphatic heterocycles. The second-order valence-electron chi connectivity index (χ2n) is 6.81. The number of nitrogens with one attached hydrogen (secondary N) is 1. The maximum atomic E-state index is 4.92. The summed E-state index contributed by atoms with van der Waals surface area (Å²) >= 11 is 0. The highest BCUT2D eigenvalue weighted by Gasteiger charge is 2.14. The molecule has 3 aromatic carbocycles. The number of H-pyrrole nitrogens is 1. The number of rotatable bonds is 4. The number of aromatic amines is 1. The van der Waals surface area contributed by atoms with Crippen molar-refractivity contribution in [2.24, 2.45) is 0 Å². The molecule has 0 saturated carbocycles. The number of para-hydroxylation sites is 2. The quantitative estimate of drug-likeness (QED) is 0.516. The van der Waals surface area contributed by atoms with E-state index in [9.17, 15) is 0 Å². The highest BCUT2D eigenvalue weighted by molar-refractivity contribution is 5.81. The first-order valence-electron chi connectivity index (χ1n) is 9.13. The van der Waals surface area contributed by atoms with Gasteiger partial charge in [-0.3, -0.25) is 0 Å². The Kier molecular flexibility index (Phi) is 3.94. The van der Waals surface area contributed by atoms with E-state index >= 15 is 0 Å². The fourth-order valence-electron chi connectivity index (χ4n) is 3.41. The van der Waals surface area contributed by atoms with Gasteiger partial charge in [0.25, 0.3) is 0 Å². The zero-order valence-electron chi connectivity index (χ0n) is 15.4. The lowest BCUT2D eigenvalue weighted by atomic mass is 10.1. The molecule has 0 bridgehead atoms. The first-order chi connectivity index (χ1) is 13.8. The number of benzene rings is 3. The van der Waals surface area contributed by atoms with Crippen LogP contribution in [0.5, 0.6) is 0 Å². The Bertz CT molecular complexity index is 1240. The van der Waals surface area contributed by atoms with Gasteiger partial charge >= 0.3 is 0 Å². The van der Waals surface area contributed by atoms with Gasteiger partial charge in [0.05, 0.1) is 11.0 Å². The number of tetrazole rings is 1. The van der Waals surface area contributed by atoms with Crippen molar-refractivity contribution in [1.82, 2.24) is 30.2 Å². The third-order valence-corrected chi connectivity index (χ3v) is 4.84. The van der Waals surface area contributed by atoms with Gasteiger partial charge in [-0.1, -0.05) is 60.2 Å². The summed E-state index contributed by atoms with van der Waals surface area (Å²) in [5, 5.41) is 14.3. The third kappa shape index (κ3) is 2.95. The lowest BCUT2D eigenvalue weighted by Crippen LogP contribution is -2.02. The number of hydrogen-bond acceptors (Lipinski definition) is 4. The zero-order chi connectivity index (χ0) is 18.9. The molecule has 2 aromatic heterocycles. The Morgan fingerprint density at radius 1 is 0.893 bits per heavy atom. The van der Waals surface area contributed by atoms with Gasteiger partial charge in [-0.05, 0) is 35.9 Å². The van der Waals surface area contributed by atoms with Gasteiger partial charge in [-0.25, -0.2) is 4.98 Å². The van der Waals surface area contributed by atoms with Crippen LogP contribution < -0.4 is 0 Å². The summed E-state index contributed by atoms with van der Waals surface area (Å²) in [7, 11) is 0. The average molecular weight is 366 g/mol. The zero-order valence-corrected chi connectivity index (χ0v) is 15.4. The second-order valence-corrected chi connectivity index (χ2v) is 6.81. The van der Waals surface area contributed by atoms with Crippen LogP contribution in [0.3, 0.4) is 0 Å². The molecular formula is C22H18N6. The molecule has 0 aliphatic rings. The van der Waals surface area contributed by atoms with E-state index in [1.54, 1.807) is 0 Å². The van der Waals surface area contributed by atoms with E-state index in [2.05, 4.69) is 80.6 Å². The minimum absolute atomic E-state index is 0.572. The highest BCUT2D eigenvalue weighted by Crippen LogP contribution is 2.28. The van der Waals surface area contributed by atoms with E-state index in [0.29, 0.717) is 5.82 Å². The predicted octanol–water partition coefficient (Wildman–Crippen LogP) is 4.24. The Hall–Kier alpha value is -3.80. The molecular weight excluding hydrogens is 348 g/mol. The van der Waals surface area contributed by atoms with Crippen molar-refractivity contribution in [1.29, 1.82) is 0 Å². The number of nitrogens with zero attached hydrogens (tertiary/aromatic N) is 5. The van der Waals surface area contributed by atoms with Gasteiger partial charge in [-0.15, -0.1) is 10.2 Å². The molecule has 2 heterocycles. The van der Waals surface area contributed by atoms with Crippen LogP contribution in [0.25, 0.3) is 33.8 Å².